The van der Waals surface area contributed by atoms with Crippen LogP contribution in [0.3, 0.4) is 0 Å². The first-order chi connectivity index (χ1) is 9.05. The van der Waals surface area contributed by atoms with E-state index in [2.05, 4.69) is 27.9 Å². The molecule has 106 valence electrons. The highest BCUT2D eigenvalue weighted by molar-refractivity contribution is 9.10. The van der Waals surface area contributed by atoms with E-state index in [9.17, 15) is 5.11 Å². The maximum atomic E-state index is 9.39. The Morgan fingerprint density at radius 1 is 1.47 bits per heavy atom. The van der Waals surface area contributed by atoms with Gasteiger partial charge >= 0.3 is 0 Å². The van der Waals surface area contributed by atoms with Crippen molar-refractivity contribution >= 4 is 15.9 Å². The van der Waals surface area contributed by atoms with E-state index in [-0.39, 0.29) is 18.6 Å². The van der Waals surface area contributed by atoms with Crippen molar-refractivity contribution in [3.05, 3.63) is 22.2 Å². The van der Waals surface area contributed by atoms with Crippen LogP contribution < -0.4 is 9.47 Å². The third kappa shape index (κ3) is 3.22. The van der Waals surface area contributed by atoms with Crippen LogP contribution in [0.15, 0.2) is 16.6 Å². The van der Waals surface area contributed by atoms with Crippen LogP contribution in [0.5, 0.6) is 11.5 Å². The first-order valence-electron chi connectivity index (χ1n) is 6.38. The van der Waals surface area contributed by atoms with Gasteiger partial charge in [0.05, 0.1) is 7.11 Å². The van der Waals surface area contributed by atoms with Crippen molar-refractivity contribution in [2.45, 2.75) is 18.9 Å². The zero-order valence-electron chi connectivity index (χ0n) is 11.5. The number of ether oxygens (including phenoxy) is 2. The first kappa shape index (κ1) is 14.6. The minimum atomic E-state index is 0.0132. The number of aliphatic hydroxyl groups is 1. The van der Waals surface area contributed by atoms with E-state index in [1.54, 1.807) is 7.11 Å². The molecule has 4 nitrogen and oxygen atoms in total. The molecule has 1 aliphatic heterocycles. The van der Waals surface area contributed by atoms with Gasteiger partial charge in [-0.25, -0.2) is 0 Å². The summed E-state index contributed by atoms with van der Waals surface area (Å²) >= 11 is 3.47. The summed E-state index contributed by atoms with van der Waals surface area (Å²) in [7, 11) is 3.70. The van der Waals surface area contributed by atoms with Gasteiger partial charge < -0.3 is 14.6 Å². The minimum Gasteiger partial charge on any atom is -0.493 e. The first-order valence-corrected chi connectivity index (χ1v) is 7.18. The molecule has 0 aromatic heterocycles. The predicted octanol–water partition coefficient (Wildman–Crippen LogP) is 2.25. The van der Waals surface area contributed by atoms with Gasteiger partial charge in [-0.1, -0.05) is 22.9 Å². The Labute approximate surface area is 122 Å². The maximum Gasteiger partial charge on any atom is 0.165 e. The molecule has 0 spiro atoms. The largest absolute Gasteiger partial charge is 0.493 e. The number of likely N-dealkylation sites (N-methyl/N-ethyl adjacent to an activating group) is 1. The molecular formula is C14H20BrNO3. The molecule has 5 heteroatoms. The number of nitrogens with zero attached hydrogens (tertiary/aromatic N) is 1. The Morgan fingerprint density at radius 3 is 2.68 bits per heavy atom. The minimum absolute atomic E-state index is 0.0132. The Kier molecular flexibility index (Phi) is 4.71. The number of hydrogen-bond donors (Lipinski definition) is 1. The van der Waals surface area contributed by atoms with E-state index in [1.807, 2.05) is 19.1 Å². The number of halogens is 1. The highest BCUT2D eigenvalue weighted by Crippen LogP contribution is 2.39. The van der Waals surface area contributed by atoms with Crippen molar-refractivity contribution in [2.24, 2.45) is 0 Å². The average Bonchev–Trinajstić information content (AvgIpc) is 2.37. The zero-order chi connectivity index (χ0) is 14.0. The molecule has 1 N–H and O–H groups in total. The number of likely N-dealkylation sites (tertiary alicyclic amines) is 1. The Bertz CT molecular complexity index is 447. The molecule has 0 radical (unpaired) electrons. The van der Waals surface area contributed by atoms with Crippen molar-refractivity contribution in [1.82, 2.24) is 4.90 Å². The quantitative estimate of drug-likeness (QED) is 0.899. The summed E-state index contributed by atoms with van der Waals surface area (Å²) in [6.45, 7) is 3.90. The van der Waals surface area contributed by atoms with Gasteiger partial charge in [-0.3, -0.25) is 4.90 Å². The average molecular weight is 330 g/mol. The smallest absolute Gasteiger partial charge is 0.165 e. The van der Waals surface area contributed by atoms with Gasteiger partial charge in [-0.15, -0.1) is 0 Å². The van der Waals surface area contributed by atoms with E-state index in [1.165, 1.54) is 0 Å². The van der Waals surface area contributed by atoms with Crippen LogP contribution in [-0.2, 0) is 0 Å². The highest BCUT2D eigenvalue weighted by Gasteiger charge is 2.28. The third-order valence-electron chi connectivity index (χ3n) is 3.39. The Hall–Kier alpha value is -0.780. The number of rotatable bonds is 5. The summed E-state index contributed by atoms with van der Waals surface area (Å²) in [5.74, 6) is 1.48. The molecule has 1 aliphatic rings. The lowest BCUT2D eigenvalue weighted by Crippen LogP contribution is -2.51. The molecule has 1 saturated heterocycles. The lowest BCUT2D eigenvalue weighted by Gasteiger charge is -2.37. The van der Waals surface area contributed by atoms with Gasteiger partial charge in [0.1, 0.15) is 6.10 Å². The SMILES string of the molecule is COc1cc(Br)cc(C(C)CO)c1OC1CN(C)C1. The zero-order valence-corrected chi connectivity index (χ0v) is 13.1. The summed E-state index contributed by atoms with van der Waals surface area (Å²) in [4.78, 5) is 2.20. The van der Waals surface area contributed by atoms with Crippen molar-refractivity contribution in [3.63, 3.8) is 0 Å². The monoisotopic (exact) mass is 329 g/mol. The van der Waals surface area contributed by atoms with Gasteiger partial charge in [0.25, 0.3) is 0 Å². The van der Waals surface area contributed by atoms with Crippen molar-refractivity contribution < 1.29 is 14.6 Å². The second-order valence-corrected chi connectivity index (χ2v) is 5.99. The van der Waals surface area contributed by atoms with Crippen LogP contribution >= 0.6 is 15.9 Å². The van der Waals surface area contributed by atoms with Crippen LogP contribution in [0.4, 0.5) is 0 Å². The Balaban J connectivity index is 2.31. The maximum absolute atomic E-state index is 9.39. The number of hydrogen-bond acceptors (Lipinski definition) is 4. The molecule has 1 fully saturated rings. The molecule has 1 aromatic rings. The van der Waals surface area contributed by atoms with Gasteiger partial charge in [-0.2, -0.15) is 0 Å². The molecule has 19 heavy (non-hydrogen) atoms. The second-order valence-electron chi connectivity index (χ2n) is 5.07. The fourth-order valence-electron chi connectivity index (χ4n) is 2.21. The van der Waals surface area contributed by atoms with Crippen molar-refractivity contribution in [2.75, 3.05) is 33.9 Å². The summed E-state index contributed by atoms with van der Waals surface area (Å²) in [6.07, 6.45) is 0.199. The van der Waals surface area contributed by atoms with Crippen molar-refractivity contribution in [3.8, 4) is 11.5 Å². The van der Waals surface area contributed by atoms with Gasteiger partial charge in [0, 0.05) is 35.7 Å². The van der Waals surface area contributed by atoms with Gasteiger partial charge in [0.2, 0.25) is 0 Å². The third-order valence-corrected chi connectivity index (χ3v) is 3.85. The molecule has 1 atom stereocenters. The van der Waals surface area contributed by atoms with Crippen LogP contribution in [-0.4, -0.2) is 50.0 Å². The van der Waals surface area contributed by atoms with Gasteiger partial charge in [0.15, 0.2) is 11.5 Å². The summed E-state index contributed by atoms with van der Waals surface area (Å²) in [5, 5.41) is 9.39. The second kappa shape index (κ2) is 6.11. The number of benzene rings is 1. The molecule has 1 unspecified atom stereocenters. The topological polar surface area (TPSA) is 41.9 Å². The lowest BCUT2D eigenvalue weighted by atomic mass is 10.00. The molecule has 1 heterocycles. The van der Waals surface area contributed by atoms with Crippen LogP contribution in [0.2, 0.25) is 0 Å². The van der Waals surface area contributed by atoms with Crippen LogP contribution in [0, 0.1) is 0 Å². The molecule has 0 saturated carbocycles. The Morgan fingerprint density at radius 2 is 2.16 bits per heavy atom. The van der Waals surface area contributed by atoms with E-state index < -0.39 is 0 Å². The standard InChI is InChI=1S/C14H20BrNO3/c1-9(8-17)12-4-10(15)5-13(18-3)14(12)19-11-6-16(2)7-11/h4-5,9,11,17H,6-8H2,1-3H3. The fourth-order valence-corrected chi connectivity index (χ4v) is 2.67. The predicted molar refractivity (Wildman–Crippen MR) is 78.1 cm³/mol. The van der Waals surface area contributed by atoms with E-state index in [0.717, 1.165) is 28.9 Å². The van der Waals surface area contributed by atoms with E-state index in [0.29, 0.717) is 5.75 Å². The summed E-state index contributed by atoms with van der Waals surface area (Å²) in [5.41, 5.74) is 0.975. The number of methoxy groups -OCH3 is 1. The van der Waals surface area contributed by atoms with Gasteiger partial charge in [-0.05, 0) is 19.2 Å². The van der Waals surface area contributed by atoms with Crippen LogP contribution in [0.1, 0.15) is 18.4 Å². The fraction of sp³-hybridized carbons (Fsp3) is 0.571. The lowest BCUT2D eigenvalue weighted by molar-refractivity contribution is 0.0358. The van der Waals surface area contributed by atoms with E-state index in [4.69, 9.17) is 9.47 Å². The highest BCUT2D eigenvalue weighted by atomic mass is 79.9. The van der Waals surface area contributed by atoms with E-state index >= 15 is 0 Å². The molecule has 0 amide bonds. The van der Waals surface area contributed by atoms with Crippen LogP contribution in [0.25, 0.3) is 0 Å². The molecular weight excluding hydrogens is 310 g/mol. The molecule has 2 rings (SSSR count). The van der Waals surface area contributed by atoms with Crippen molar-refractivity contribution in [1.29, 1.82) is 0 Å². The molecule has 1 aromatic carbocycles. The number of aliphatic hydroxyl groups excluding tert-OH is 1. The summed E-state index contributed by atoms with van der Waals surface area (Å²) in [6, 6.07) is 3.88. The molecule has 0 aliphatic carbocycles. The normalized spacial score (nSPS) is 17.9. The summed E-state index contributed by atoms with van der Waals surface area (Å²) < 4.78 is 12.4. The molecule has 0 bridgehead atoms.